The van der Waals surface area contributed by atoms with Crippen LogP contribution in [0.5, 0.6) is 0 Å². The van der Waals surface area contributed by atoms with Gasteiger partial charge in [-0.1, -0.05) is 38.1 Å². The van der Waals surface area contributed by atoms with Crippen LogP contribution >= 0.6 is 0 Å². The third-order valence-electron chi connectivity index (χ3n) is 7.33. The molecule has 0 spiro atoms. The number of rotatable bonds is 6. The fourth-order valence-electron chi connectivity index (χ4n) is 5.57. The molecular weight excluding hydrogens is 442 g/mol. The summed E-state index contributed by atoms with van der Waals surface area (Å²) < 4.78 is 3.97. The van der Waals surface area contributed by atoms with Gasteiger partial charge in [0, 0.05) is 62.1 Å². The van der Waals surface area contributed by atoms with Crippen LogP contribution in [0.2, 0.25) is 0 Å². The minimum absolute atomic E-state index is 0.0274. The third-order valence-corrected chi connectivity index (χ3v) is 7.33. The quantitative estimate of drug-likeness (QED) is 0.575. The highest BCUT2D eigenvalue weighted by Crippen LogP contribution is 2.34. The lowest BCUT2D eigenvalue weighted by molar-refractivity contribution is -0.124. The number of para-hydroxylation sites is 1. The van der Waals surface area contributed by atoms with Crippen LogP contribution < -0.4 is 16.2 Å². The van der Waals surface area contributed by atoms with E-state index in [-0.39, 0.29) is 35.3 Å². The van der Waals surface area contributed by atoms with Crippen molar-refractivity contribution in [1.29, 1.82) is 0 Å². The second-order valence-electron chi connectivity index (χ2n) is 10.1. The Kier molecular flexibility index (Phi) is 6.36. The number of benzene rings is 1. The molecule has 184 valence electrons. The minimum atomic E-state index is -0.611. The van der Waals surface area contributed by atoms with Crippen molar-refractivity contribution in [1.82, 2.24) is 24.7 Å². The number of nitrogens with one attached hydrogen (secondary N) is 2. The Morgan fingerprint density at radius 3 is 2.69 bits per heavy atom. The van der Waals surface area contributed by atoms with Gasteiger partial charge in [-0.3, -0.25) is 9.59 Å². The van der Waals surface area contributed by atoms with E-state index in [1.54, 1.807) is 12.1 Å². The maximum absolute atomic E-state index is 13.2. The van der Waals surface area contributed by atoms with Crippen LogP contribution in [0, 0.1) is 11.8 Å². The molecule has 0 aliphatic carbocycles. The molecule has 3 aromatic rings. The van der Waals surface area contributed by atoms with Crippen molar-refractivity contribution in [3.8, 4) is 0 Å². The summed E-state index contributed by atoms with van der Waals surface area (Å²) in [4.78, 5) is 40.3. The molecule has 4 heterocycles. The number of urea groups is 1. The van der Waals surface area contributed by atoms with Crippen molar-refractivity contribution in [2.75, 3.05) is 19.6 Å². The van der Waals surface area contributed by atoms with E-state index in [9.17, 15) is 14.4 Å². The zero-order chi connectivity index (χ0) is 24.5. The fourth-order valence-corrected chi connectivity index (χ4v) is 5.57. The standard InChI is InChI=1S/C27H33N5O3/c1-18(2)25(26(34)28-11-13-30-12-10-20-6-3-4-7-22(20)30)29-27(35)31-15-19-14-21(17-31)23-8-5-9-24(33)32(23)16-19/h3-10,12,18-19,21,25H,11,13-17H2,1-2H3,(H,28,34)(H,29,35)/t19-,21+,25+/m1/s1. The maximum atomic E-state index is 13.2. The van der Waals surface area contributed by atoms with Crippen LogP contribution in [-0.4, -0.2) is 51.6 Å². The van der Waals surface area contributed by atoms with Crippen LogP contribution in [0.25, 0.3) is 10.9 Å². The fraction of sp³-hybridized carbons (Fsp3) is 0.444. The van der Waals surface area contributed by atoms with Gasteiger partial charge >= 0.3 is 6.03 Å². The lowest BCUT2D eigenvalue weighted by Crippen LogP contribution is -2.57. The summed E-state index contributed by atoms with van der Waals surface area (Å²) >= 11 is 0. The first-order valence-electron chi connectivity index (χ1n) is 12.5. The van der Waals surface area contributed by atoms with Crippen molar-refractivity contribution in [2.45, 2.75) is 45.3 Å². The van der Waals surface area contributed by atoms with Gasteiger partial charge < -0.3 is 24.7 Å². The summed E-state index contributed by atoms with van der Waals surface area (Å²) in [6, 6.07) is 14.8. The van der Waals surface area contributed by atoms with Crippen molar-refractivity contribution in [2.24, 2.45) is 11.8 Å². The van der Waals surface area contributed by atoms with E-state index in [0.717, 1.165) is 17.6 Å². The van der Waals surface area contributed by atoms with Crippen LogP contribution in [0.1, 0.15) is 31.9 Å². The largest absolute Gasteiger partial charge is 0.353 e. The van der Waals surface area contributed by atoms with Crippen molar-refractivity contribution < 1.29 is 9.59 Å². The summed E-state index contributed by atoms with van der Waals surface area (Å²) in [7, 11) is 0. The lowest BCUT2D eigenvalue weighted by Gasteiger charge is -2.43. The second-order valence-corrected chi connectivity index (χ2v) is 10.1. The number of piperidine rings is 1. The average molecular weight is 476 g/mol. The smallest absolute Gasteiger partial charge is 0.318 e. The molecule has 2 N–H and O–H groups in total. The van der Waals surface area contributed by atoms with E-state index in [2.05, 4.69) is 33.4 Å². The molecule has 2 bridgehead atoms. The molecule has 8 heteroatoms. The van der Waals surface area contributed by atoms with Gasteiger partial charge in [-0.05, 0) is 41.8 Å². The molecule has 1 fully saturated rings. The first-order chi connectivity index (χ1) is 16.9. The Balaban J connectivity index is 1.19. The molecule has 1 aromatic carbocycles. The number of nitrogens with zero attached hydrogens (tertiary/aromatic N) is 3. The normalized spacial score (nSPS) is 19.9. The first kappa shape index (κ1) is 23.2. The van der Waals surface area contributed by atoms with Gasteiger partial charge in [-0.2, -0.15) is 0 Å². The highest BCUT2D eigenvalue weighted by molar-refractivity contribution is 5.87. The van der Waals surface area contributed by atoms with E-state index in [1.165, 1.54) is 5.39 Å². The van der Waals surface area contributed by atoms with Crippen molar-refractivity contribution in [3.05, 3.63) is 70.8 Å². The first-order valence-corrected chi connectivity index (χ1v) is 12.5. The Hall–Kier alpha value is -3.55. The summed E-state index contributed by atoms with van der Waals surface area (Å²) in [6.07, 6.45) is 3.01. The Labute approximate surface area is 204 Å². The maximum Gasteiger partial charge on any atom is 0.318 e. The van der Waals surface area contributed by atoms with E-state index in [0.29, 0.717) is 32.7 Å². The van der Waals surface area contributed by atoms with Gasteiger partial charge in [-0.25, -0.2) is 4.79 Å². The van der Waals surface area contributed by atoms with Crippen LogP contribution in [0.15, 0.2) is 59.5 Å². The number of fused-ring (bicyclic) bond motifs is 5. The van der Waals surface area contributed by atoms with Gasteiger partial charge in [0.15, 0.2) is 0 Å². The minimum Gasteiger partial charge on any atom is -0.353 e. The van der Waals surface area contributed by atoms with Crippen LogP contribution in [-0.2, 0) is 17.9 Å². The summed E-state index contributed by atoms with van der Waals surface area (Å²) in [5.74, 6) is 0.175. The molecule has 3 atom stereocenters. The van der Waals surface area contributed by atoms with Crippen LogP contribution in [0.3, 0.4) is 0 Å². The van der Waals surface area contributed by atoms with E-state index in [1.807, 2.05) is 47.7 Å². The van der Waals surface area contributed by atoms with Gasteiger partial charge in [-0.15, -0.1) is 0 Å². The van der Waals surface area contributed by atoms with E-state index in [4.69, 9.17) is 0 Å². The molecule has 3 amide bonds. The number of pyridine rings is 1. The number of carbonyl (C=O) groups is 2. The molecule has 8 nitrogen and oxygen atoms in total. The number of hydrogen-bond donors (Lipinski definition) is 2. The molecule has 2 aliphatic heterocycles. The highest BCUT2D eigenvalue weighted by Gasteiger charge is 2.37. The molecule has 2 aliphatic rings. The number of hydrogen-bond acceptors (Lipinski definition) is 3. The topological polar surface area (TPSA) is 88.4 Å². The molecule has 2 aromatic heterocycles. The zero-order valence-electron chi connectivity index (χ0n) is 20.3. The predicted molar refractivity (Wildman–Crippen MR) is 135 cm³/mol. The van der Waals surface area contributed by atoms with Crippen molar-refractivity contribution >= 4 is 22.8 Å². The zero-order valence-corrected chi connectivity index (χ0v) is 20.3. The van der Waals surface area contributed by atoms with Gasteiger partial charge in [0.2, 0.25) is 5.91 Å². The summed E-state index contributed by atoms with van der Waals surface area (Å²) in [5, 5.41) is 7.16. The Bertz CT molecular complexity index is 1290. The molecule has 0 unspecified atom stereocenters. The molecule has 5 rings (SSSR count). The second kappa shape index (κ2) is 9.60. The van der Waals surface area contributed by atoms with E-state index < -0.39 is 6.04 Å². The molecule has 35 heavy (non-hydrogen) atoms. The summed E-state index contributed by atoms with van der Waals surface area (Å²) in [6.45, 7) is 6.81. The molecule has 1 saturated heterocycles. The third kappa shape index (κ3) is 4.70. The number of aromatic nitrogens is 2. The van der Waals surface area contributed by atoms with E-state index >= 15 is 0 Å². The number of amides is 3. The number of likely N-dealkylation sites (tertiary alicyclic amines) is 1. The molecule has 0 saturated carbocycles. The van der Waals surface area contributed by atoms with Crippen molar-refractivity contribution in [3.63, 3.8) is 0 Å². The Morgan fingerprint density at radius 1 is 1.03 bits per heavy atom. The monoisotopic (exact) mass is 475 g/mol. The van der Waals surface area contributed by atoms with Crippen LogP contribution in [0.4, 0.5) is 4.79 Å². The number of carbonyl (C=O) groups excluding carboxylic acids is 2. The average Bonchev–Trinajstić information content (AvgIpc) is 3.26. The Morgan fingerprint density at radius 2 is 1.86 bits per heavy atom. The molecular formula is C27H33N5O3. The lowest BCUT2D eigenvalue weighted by atomic mass is 9.83. The van der Waals surface area contributed by atoms with Gasteiger partial charge in [0.25, 0.3) is 5.56 Å². The highest BCUT2D eigenvalue weighted by atomic mass is 16.2. The predicted octanol–water partition coefficient (Wildman–Crippen LogP) is 2.77. The van der Waals surface area contributed by atoms with Gasteiger partial charge in [0.1, 0.15) is 6.04 Å². The van der Waals surface area contributed by atoms with Gasteiger partial charge in [0.05, 0.1) is 0 Å². The summed E-state index contributed by atoms with van der Waals surface area (Å²) in [5.41, 5.74) is 2.16. The molecule has 0 radical (unpaired) electrons. The SMILES string of the molecule is CC(C)[C@H](NC(=O)N1C[C@H]2C[C@@H](C1)c1cccc(=O)n1C2)C(=O)NCCn1ccc2ccccc21.